The quantitative estimate of drug-likeness (QED) is 0.0728. The summed E-state index contributed by atoms with van der Waals surface area (Å²) in [5, 5.41) is 0. The van der Waals surface area contributed by atoms with Gasteiger partial charge < -0.3 is 6.15 Å². The molecule has 0 atom stereocenters. The van der Waals surface area contributed by atoms with Crippen LogP contribution in [0.5, 0.6) is 0 Å². The Bertz CT molecular complexity index is 328. The third-order valence-electron chi connectivity index (χ3n) is 8.19. The summed E-state index contributed by atoms with van der Waals surface area (Å²) >= 11 is 7.33. The molecule has 0 rings (SSSR count). The first-order valence-corrected chi connectivity index (χ1v) is 17.2. The summed E-state index contributed by atoms with van der Waals surface area (Å²) in [6, 6.07) is 0. The predicted octanol–water partition coefficient (Wildman–Crippen LogP) is 13.9. The second kappa shape index (κ2) is 31.5. The normalized spacial score (nSPS) is 11.7. The average molecular weight is 530 g/mol. The molecule has 0 amide bonds. The fourth-order valence-corrected chi connectivity index (χ4v) is 6.03. The second-order valence-electron chi connectivity index (χ2n) is 11.9. The zero-order chi connectivity index (χ0) is 25.7. The number of hydrogen-bond acceptors (Lipinski definition) is 1. The van der Waals surface area contributed by atoms with E-state index in [1.165, 1.54) is 193 Å². The molecule has 36 heavy (non-hydrogen) atoms. The van der Waals surface area contributed by atoms with E-state index >= 15 is 0 Å². The van der Waals surface area contributed by atoms with Crippen LogP contribution in [0.15, 0.2) is 0 Å². The highest BCUT2D eigenvalue weighted by molar-refractivity contribution is 6.23. The van der Waals surface area contributed by atoms with Crippen LogP contribution in [0.4, 0.5) is 0 Å². The van der Waals surface area contributed by atoms with Crippen molar-refractivity contribution in [2.75, 3.05) is 0 Å². The van der Waals surface area contributed by atoms with E-state index in [-0.39, 0.29) is 11.0 Å². The fraction of sp³-hybridized carbons (Fsp3) is 1.00. The van der Waals surface area contributed by atoms with Gasteiger partial charge in [0.15, 0.2) is 0 Å². The maximum atomic E-state index is 7.33. The lowest BCUT2D eigenvalue weighted by Crippen LogP contribution is -2.21. The Morgan fingerprint density at radius 1 is 0.306 bits per heavy atom. The number of rotatable bonds is 30. The molecular formula is C34H72ClN. The van der Waals surface area contributed by atoms with Crippen LogP contribution in [0, 0.1) is 0 Å². The van der Waals surface area contributed by atoms with E-state index < -0.39 is 0 Å². The van der Waals surface area contributed by atoms with Crippen LogP contribution in [0.3, 0.4) is 0 Å². The topological polar surface area (TPSA) is 35.0 Å². The number of unbranched alkanes of at least 4 members (excludes halogenated alkanes) is 24. The first-order valence-electron chi connectivity index (χ1n) is 16.9. The molecule has 0 aromatic rings. The van der Waals surface area contributed by atoms with E-state index in [1.54, 1.807) is 0 Å². The summed E-state index contributed by atoms with van der Waals surface area (Å²) in [7, 11) is 0. The number of alkyl halides is 1. The number of hydrogen-bond donors (Lipinski definition) is 1. The zero-order valence-electron chi connectivity index (χ0n) is 25.8. The molecule has 0 aliphatic carbocycles. The minimum Gasteiger partial charge on any atom is -0.344 e. The van der Waals surface area contributed by atoms with Gasteiger partial charge in [-0.1, -0.05) is 194 Å². The summed E-state index contributed by atoms with van der Waals surface area (Å²) < 4.78 is 0. The van der Waals surface area contributed by atoms with Gasteiger partial charge in [0.1, 0.15) is 0 Å². The molecule has 0 unspecified atom stereocenters. The van der Waals surface area contributed by atoms with Crippen LogP contribution in [0.25, 0.3) is 0 Å². The van der Waals surface area contributed by atoms with Gasteiger partial charge in [0.25, 0.3) is 0 Å². The van der Waals surface area contributed by atoms with Crippen molar-refractivity contribution in [3.8, 4) is 0 Å². The molecule has 0 aliphatic rings. The van der Waals surface area contributed by atoms with Gasteiger partial charge in [-0.05, 0) is 19.3 Å². The van der Waals surface area contributed by atoms with E-state index in [2.05, 4.69) is 20.8 Å². The van der Waals surface area contributed by atoms with E-state index in [1.807, 2.05) is 0 Å². The van der Waals surface area contributed by atoms with Crippen molar-refractivity contribution in [3.05, 3.63) is 0 Å². The Hall–Kier alpha value is 0.250. The molecule has 2 heteroatoms. The van der Waals surface area contributed by atoms with E-state index in [0.717, 1.165) is 0 Å². The molecule has 0 saturated heterocycles. The molecule has 1 nitrogen and oxygen atoms in total. The van der Waals surface area contributed by atoms with Gasteiger partial charge in [-0.2, -0.15) is 0 Å². The lowest BCUT2D eigenvalue weighted by atomic mass is 9.88. The largest absolute Gasteiger partial charge is 0.344 e. The molecule has 0 bridgehead atoms. The maximum absolute atomic E-state index is 7.33. The summed E-state index contributed by atoms with van der Waals surface area (Å²) in [4.78, 5) is 0.101. The lowest BCUT2D eigenvalue weighted by molar-refractivity contribution is 0.394. The number of halogens is 1. The molecular weight excluding hydrogens is 458 g/mol. The van der Waals surface area contributed by atoms with Crippen molar-refractivity contribution >= 4 is 11.6 Å². The first-order chi connectivity index (χ1) is 17.2. The van der Waals surface area contributed by atoms with Gasteiger partial charge in [0.05, 0.1) is 0 Å². The summed E-state index contributed by atoms with van der Waals surface area (Å²) in [6.45, 7) is 6.92. The molecule has 3 N–H and O–H groups in total. The van der Waals surface area contributed by atoms with Crippen molar-refractivity contribution in [1.29, 1.82) is 0 Å². The lowest BCUT2D eigenvalue weighted by Gasteiger charge is -2.27. The zero-order valence-corrected chi connectivity index (χ0v) is 26.6. The van der Waals surface area contributed by atoms with Crippen molar-refractivity contribution in [3.63, 3.8) is 0 Å². The van der Waals surface area contributed by atoms with Crippen LogP contribution in [-0.2, 0) is 0 Å². The van der Waals surface area contributed by atoms with Crippen molar-refractivity contribution < 1.29 is 0 Å². The highest BCUT2D eigenvalue weighted by Gasteiger charge is 2.25. The molecule has 0 heterocycles. The SMILES string of the molecule is CCCCCCCCCCCC(Cl)(CCCCCCCCCCC)CCCCCCCCCCC.N. The minimum atomic E-state index is 0. The van der Waals surface area contributed by atoms with Crippen molar-refractivity contribution in [2.24, 2.45) is 0 Å². The minimum absolute atomic E-state index is 0. The van der Waals surface area contributed by atoms with E-state index in [9.17, 15) is 0 Å². The third-order valence-corrected chi connectivity index (χ3v) is 8.75. The van der Waals surface area contributed by atoms with Crippen LogP contribution in [-0.4, -0.2) is 4.87 Å². The Morgan fingerprint density at radius 3 is 0.667 bits per heavy atom. The Morgan fingerprint density at radius 2 is 0.472 bits per heavy atom. The molecule has 0 radical (unpaired) electrons. The summed E-state index contributed by atoms with van der Waals surface area (Å²) in [5.74, 6) is 0. The van der Waals surface area contributed by atoms with E-state index in [4.69, 9.17) is 11.6 Å². The van der Waals surface area contributed by atoms with Crippen LogP contribution < -0.4 is 6.15 Å². The molecule has 0 aromatic carbocycles. The maximum Gasteiger partial charge on any atom is 0.0446 e. The summed E-state index contributed by atoms with van der Waals surface area (Å²) in [6.07, 6.45) is 42.0. The van der Waals surface area contributed by atoms with Gasteiger partial charge in [-0.3, -0.25) is 0 Å². The average Bonchev–Trinajstić information content (AvgIpc) is 2.86. The second-order valence-corrected chi connectivity index (χ2v) is 12.7. The van der Waals surface area contributed by atoms with Gasteiger partial charge >= 0.3 is 0 Å². The Labute approximate surface area is 235 Å². The molecule has 0 saturated carbocycles. The molecule has 220 valence electrons. The van der Waals surface area contributed by atoms with Crippen LogP contribution >= 0.6 is 11.6 Å². The van der Waals surface area contributed by atoms with Crippen molar-refractivity contribution in [2.45, 2.75) is 218 Å². The van der Waals surface area contributed by atoms with Crippen molar-refractivity contribution in [1.82, 2.24) is 6.15 Å². The van der Waals surface area contributed by atoms with Crippen LogP contribution in [0.1, 0.15) is 213 Å². The third kappa shape index (κ3) is 28.8. The molecule has 0 aromatic heterocycles. The smallest absolute Gasteiger partial charge is 0.0446 e. The van der Waals surface area contributed by atoms with Gasteiger partial charge in [-0.15, -0.1) is 11.6 Å². The fourth-order valence-electron chi connectivity index (χ4n) is 5.63. The van der Waals surface area contributed by atoms with E-state index in [0.29, 0.717) is 0 Å². The monoisotopic (exact) mass is 530 g/mol. The predicted molar refractivity (Wildman–Crippen MR) is 169 cm³/mol. The summed E-state index contributed by atoms with van der Waals surface area (Å²) in [5.41, 5.74) is 0. The highest BCUT2D eigenvalue weighted by Crippen LogP contribution is 2.35. The highest BCUT2D eigenvalue weighted by atomic mass is 35.5. The Kier molecular flexibility index (Phi) is 33.6. The van der Waals surface area contributed by atoms with Crippen LogP contribution in [0.2, 0.25) is 0 Å². The van der Waals surface area contributed by atoms with Gasteiger partial charge in [0.2, 0.25) is 0 Å². The van der Waals surface area contributed by atoms with Gasteiger partial charge in [-0.25, -0.2) is 0 Å². The molecule has 0 fully saturated rings. The Balaban J connectivity index is 0. The van der Waals surface area contributed by atoms with Gasteiger partial charge in [0, 0.05) is 4.87 Å². The first kappa shape index (κ1) is 38.4. The molecule has 0 aliphatic heterocycles. The molecule has 0 spiro atoms. The standard InChI is InChI=1S/C34H69Cl.H3N/c1-4-7-10-13-16-19-22-25-28-31-34(35,32-29-26-23-20-17-14-11-8-5-2)33-30-27-24-21-18-15-12-9-6-3;/h4-33H2,1-3H3;1H3.